The van der Waals surface area contributed by atoms with Gasteiger partial charge in [-0.3, -0.25) is 19.4 Å². The fourth-order valence-corrected chi connectivity index (χ4v) is 3.89. The highest BCUT2D eigenvalue weighted by atomic mass is 32.2. The molecule has 8 nitrogen and oxygen atoms in total. The molecule has 1 aromatic carbocycles. The Kier molecular flexibility index (Phi) is 5.80. The highest BCUT2D eigenvalue weighted by Gasteiger charge is 2.27. The molecule has 0 spiro atoms. The number of furan rings is 1. The van der Waals surface area contributed by atoms with Gasteiger partial charge in [-0.15, -0.1) is 11.8 Å². The van der Waals surface area contributed by atoms with Crippen molar-refractivity contribution in [3.63, 3.8) is 0 Å². The zero-order valence-corrected chi connectivity index (χ0v) is 16.6. The van der Waals surface area contributed by atoms with Gasteiger partial charge in [-0.05, 0) is 42.5 Å². The molecule has 3 amide bonds. The van der Waals surface area contributed by atoms with Crippen LogP contribution >= 0.6 is 11.8 Å². The number of carbonyl (C=O) groups excluding carboxylic acids is 3. The summed E-state index contributed by atoms with van der Waals surface area (Å²) in [7, 11) is 0. The van der Waals surface area contributed by atoms with E-state index in [0.29, 0.717) is 22.7 Å². The minimum atomic E-state index is -0.333. The van der Waals surface area contributed by atoms with E-state index in [-0.39, 0.29) is 36.6 Å². The zero-order valence-electron chi connectivity index (χ0n) is 15.8. The molecule has 0 bridgehead atoms. The standard InChI is InChI=1S/C21H18N4O4S/c26-19(24-15-5-7-22-8-6-15)12-25-17-10-14(3-4-18(17)30-13-20(25)27)21(28)23-11-16-2-1-9-29-16/h1-10H,11-13H2,(H,23,28)(H,22,24,26). The molecule has 0 atom stereocenters. The van der Waals surface area contributed by atoms with Gasteiger partial charge in [0.25, 0.3) is 5.91 Å². The molecular weight excluding hydrogens is 404 g/mol. The molecule has 9 heteroatoms. The van der Waals surface area contributed by atoms with Crippen LogP contribution in [-0.4, -0.2) is 35.0 Å². The van der Waals surface area contributed by atoms with Gasteiger partial charge in [-0.2, -0.15) is 0 Å². The molecule has 0 radical (unpaired) electrons. The van der Waals surface area contributed by atoms with Crippen molar-refractivity contribution in [2.75, 3.05) is 22.5 Å². The van der Waals surface area contributed by atoms with Gasteiger partial charge in [-0.25, -0.2) is 0 Å². The second-order valence-corrected chi connectivity index (χ2v) is 7.51. The third-order valence-electron chi connectivity index (χ3n) is 4.43. The molecule has 30 heavy (non-hydrogen) atoms. The van der Waals surface area contributed by atoms with Crippen molar-refractivity contribution >= 4 is 40.9 Å². The van der Waals surface area contributed by atoms with E-state index in [0.717, 1.165) is 4.90 Å². The van der Waals surface area contributed by atoms with Crippen LogP contribution < -0.4 is 15.5 Å². The van der Waals surface area contributed by atoms with E-state index in [1.807, 2.05) is 0 Å². The maximum Gasteiger partial charge on any atom is 0.251 e. The molecule has 0 unspecified atom stereocenters. The predicted molar refractivity (Wildman–Crippen MR) is 112 cm³/mol. The van der Waals surface area contributed by atoms with Gasteiger partial charge in [0.15, 0.2) is 0 Å². The maximum absolute atomic E-state index is 12.5. The van der Waals surface area contributed by atoms with Crippen molar-refractivity contribution in [1.82, 2.24) is 10.3 Å². The number of nitrogens with one attached hydrogen (secondary N) is 2. The molecule has 1 aliphatic rings. The largest absolute Gasteiger partial charge is 0.467 e. The second-order valence-electron chi connectivity index (χ2n) is 6.50. The summed E-state index contributed by atoms with van der Waals surface area (Å²) >= 11 is 1.39. The first-order valence-electron chi connectivity index (χ1n) is 9.18. The van der Waals surface area contributed by atoms with Crippen LogP contribution in [0.3, 0.4) is 0 Å². The summed E-state index contributed by atoms with van der Waals surface area (Å²) in [5, 5.41) is 5.52. The van der Waals surface area contributed by atoms with E-state index in [1.54, 1.807) is 54.9 Å². The SMILES string of the molecule is O=C(CN1C(=O)CSc2ccc(C(=O)NCc3ccco3)cc21)Nc1ccncc1. The van der Waals surface area contributed by atoms with Crippen molar-refractivity contribution in [3.8, 4) is 0 Å². The summed E-state index contributed by atoms with van der Waals surface area (Å²) in [4.78, 5) is 43.7. The summed E-state index contributed by atoms with van der Waals surface area (Å²) in [6.07, 6.45) is 4.68. The molecule has 1 aliphatic heterocycles. The van der Waals surface area contributed by atoms with Gasteiger partial charge in [0.1, 0.15) is 12.3 Å². The Balaban J connectivity index is 1.49. The van der Waals surface area contributed by atoms with E-state index in [4.69, 9.17) is 4.42 Å². The Morgan fingerprint density at radius 1 is 1.17 bits per heavy atom. The summed E-state index contributed by atoms with van der Waals surface area (Å²) in [6.45, 7) is 0.112. The van der Waals surface area contributed by atoms with Crippen molar-refractivity contribution in [2.45, 2.75) is 11.4 Å². The number of anilines is 2. The molecule has 152 valence electrons. The van der Waals surface area contributed by atoms with Crippen LogP contribution in [0.15, 0.2) is 70.4 Å². The number of benzene rings is 1. The first-order valence-corrected chi connectivity index (χ1v) is 10.2. The number of thioether (sulfide) groups is 1. The van der Waals surface area contributed by atoms with E-state index in [1.165, 1.54) is 22.9 Å². The van der Waals surface area contributed by atoms with Crippen molar-refractivity contribution in [3.05, 3.63) is 72.4 Å². The Bertz CT molecular complexity index is 1070. The Hall–Kier alpha value is -3.59. The number of nitrogens with zero attached hydrogens (tertiary/aromatic N) is 2. The molecule has 3 aromatic rings. The monoisotopic (exact) mass is 422 g/mol. The number of rotatable bonds is 6. The van der Waals surface area contributed by atoms with Gasteiger partial charge < -0.3 is 20.0 Å². The summed E-state index contributed by atoms with van der Waals surface area (Å²) in [5.41, 5.74) is 1.54. The lowest BCUT2D eigenvalue weighted by atomic mass is 10.1. The number of carbonyl (C=O) groups is 3. The highest BCUT2D eigenvalue weighted by molar-refractivity contribution is 8.00. The number of hydrogen-bond acceptors (Lipinski definition) is 6. The van der Waals surface area contributed by atoms with Crippen molar-refractivity contribution < 1.29 is 18.8 Å². The summed E-state index contributed by atoms with van der Waals surface area (Å²) < 4.78 is 5.21. The fraction of sp³-hybridized carbons (Fsp3) is 0.143. The molecule has 4 rings (SSSR count). The normalized spacial score (nSPS) is 12.9. The summed E-state index contributed by atoms with van der Waals surface area (Å²) in [5.74, 6) is 0.0602. The van der Waals surface area contributed by atoms with Gasteiger partial charge in [0.05, 0.1) is 24.2 Å². The molecule has 0 aliphatic carbocycles. The molecule has 2 N–H and O–H groups in total. The van der Waals surface area contributed by atoms with E-state index < -0.39 is 0 Å². The minimum Gasteiger partial charge on any atom is -0.467 e. The first kappa shape index (κ1) is 19.7. The van der Waals surface area contributed by atoms with Crippen molar-refractivity contribution in [1.29, 1.82) is 0 Å². The van der Waals surface area contributed by atoms with Crippen LogP contribution in [0.25, 0.3) is 0 Å². The first-order chi connectivity index (χ1) is 14.6. The third-order valence-corrected chi connectivity index (χ3v) is 5.48. The van der Waals surface area contributed by atoms with Crippen LogP contribution in [0.5, 0.6) is 0 Å². The highest BCUT2D eigenvalue weighted by Crippen LogP contribution is 2.36. The van der Waals surface area contributed by atoms with Crippen LogP contribution in [0, 0.1) is 0 Å². The number of fused-ring (bicyclic) bond motifs is 1. The van der Waals surface area contributed by atoms with Crippen LogP contribution in [0.2, 0.25) is 0 Å². The zero-order chi connectivity index (χ0) is 20.9. The molecular formula is C21H18N4O4S. The Labute approximate surface area is 176 Å². The fourth-order valence-electron chi connectivity index (χ4n) is 2.98. The van der Waals surface area contributed by atoms with Crippen molar-refractivity contribution in [2.24, 2.45) is 0 Å². The lowest BCUT2D eigenvalue weighted by molar-refractivity contribution is -0.120. The van der Waals surface area contributed by atoms with Gasteiger partial charge >= 0.3 is 0 Å². The third kappa shape index (κ3) is 4.52. The number of pyridine rings is 1. The average molecular weight is 422 g/mol. The van der Waals surface area contributed by atoms with E-state index in [2.05, 4.69) is 15.6 Å². The number of hydrogen-bond donors (Lipinski definition) is 2. The topological polar surface area (TPSA) is 105 Å². The quantitative estimate of drug-likeness (QED) is 0.633. The molecule has 2 aromatic heterocycles. The van der Waals surface area contributed by atoms with Crippen LogP contribution in [-0.2, 0) is 16.1 Å². The molecule has 0 saturated heterocycles. The van der Waals surface area contributed by atoms with E-state index >= 15 is 0 Å². The smallest absolute Gasteiger partial charge is 0.251 e. The lowest BCUT2D eigenvalue weighted by Gasteiger charge is -2.28. The van der Waals surface area contributed by atoms with E-state index in [9.17, 15) is 14.4 Å². The van der Waals surface area contributed by atoms with Gasteiger partial charge in [-0.1, -0.05) is 0 Å². The minimum absolute atomic E-state index is 0.147. The van der Waals surface area contributed by atoms with Gasteiger partial charge in [0, 0.05) is 28.5 Å². The molecule has 0 saturated carbocycles. The van der Waals surface area contributed by atoms with Crippen LogP contribution in [0.1, 0.15) is 16.1 Å². The molecule has 0 fully saturated rings. The number of amides is 3. The van der Waals surface area contributed by atoms with Crippen LogP contribution in [0.4, 0.5) is 11.4 Å². The second kappa shape index (κ2) is 8.83. The predicted octanol–water partition coefficient (Wildman–Crippen LogP) is 2.68. The average Bonchev–Trinajstić information content (AvgIpc) is 3.28. The maximum atomic E-state index is 12.5. The number of aromatic nitrogens is 1. The molecule has 3 heterocycles. The van der Waals surface area contributed by atoms with Gasteiger partial charge in [0.2, 0.25) is 11.8 Å². The lowest BCUT2D eigenvalue weighted by Crippen LogP contribution is -2.41. The Morgan fingerprint density at radius 3 is 2.77 bits per heavy atom. The Morgan fingerprint density at radius 2 is 2.00 bits per heavy atom. The summed E-state index contributed by atoms with van der Waals surface area (Å²) in [6, 6.07) is 12.0.